The zero-order valence-corrected chi connectivity index (χ0v) is 18.6. The zero-order chi connectivity index (χ0) is 22.4. The fourth-order valence-corrected chi connectivity index (χ4v) is 3.12. The molecular weight excluding hydrogens is 402 g/mol. The van der Waals surface area contributed by atoms with E-state index in [1.165, 1.54) is 19.3 Å². The lowest BCUT2D eigenvalue weighted by Gasteiger charge is -2.11. The maximum absolute atomic E-state index is 12.6. The van der Waals surface area contributed by atoms with Crippen molar-refractivity contribution in [3.05, 3.63) is 84.4 Å². The lowest BCUT2D eigenvalue weighted by Crippen LogP contribution is -2.12. The van der Waals surface area contributed by atoms with Crippen LogP contribution >= 0.6 is 0 Å². The van der Waals surface area contributed by atoms with E-state index >= 15 is 0 Å². The zero-order valence-electron chi connectivity index (χ0n) is 18.6. The highest BCUT2D eigenvalue weighted by molar-refractivity contribution is 6.04. The van der Waals surface area contributed by atoms with Crippen molar-refractivity contribution < 1.29 is 19.0 Å². The van der Waals surface area contributed by atoms with Crippen molar-refractivity contribution in [1.29, 1.82) is 0 Å². The molecule has 0 atom stereocenters. The van der Waals surface area contributed by atoms with Gasteiger partial charge >= 0.3 is 0 Å². The molecule has 0 spiro atoms. The molecule has 0 aromatic heterocycles. The van der Waals surface area contributed by atoms with Gasteiger partial charge in [-0.25, -0.2) is 0 Å². The molecule has 0 unspecified atom stereocenters. The minimum absolute atomic E-state index is 0.177. The molecule has 0 bridgehead atoms. The number of hydrogen-bond acceptors (Lipinski definition) is 4. The third-order valence-corrected chi connectivity index (χ3v) is 4.84. The quantitative estimate of drug-likeness (QED) is 0.319. The summed E-state index contributed by atoms with van der Waals surface area (Å²) in [5.74, 6) is 2.09. The molecule has 1 amide bonds. The Balaban J connectivity index is 1.43. The molecule has 0 saturated carbocycles. The standard InChI is InChI=1S/C27H31NO4/c1-2-3-4-8-18-30-25-16-14-22(15-17-25)27(29)28-23-10-9-13-26(21-23)32-20-19-31-24-11-6-5-7-12-24/h5-7,9-17,21H,2-4,8,18-20H2,1H3,(H,28,29). The fourth-order valence-electron chi connectivity index (χ4n) is 3.12. The molecule has 0 saturated heterocycles. The number of hydrogen-bond donors (Lipinski definition) is 1. The fraction of sp³-hybridized carbons (Fsp3) is 0.296. The van der Waals surface area contributed by atoms with Gasteiger partial charge in [-0.05, 0) is 55.0 Å². The Bertz CT molecular complexity index is 941. The Morgan fingerprint density at radius 1 is 0.688 bits per heavy atom. The molecule has 168 valence electrons. The third kappa shape index (κ3) is 7.99. The van der Waals surface area contributed by atoms with Crippen LogP contribution in [0.15, 0.2) is 78.9 Å². The summed E-state index contributed by atoms with van der Waals surface area (Å²) < 4.78 is 17.1. The average molecular weight is 434 g/mol. The molecule has 1 N–H and O–H groups in total. The summed E-state index contributed by atoms with van der Waals surface area (Å²) in [5.41, 5.74) is 1.25. The topological polar surface area (TPSA) is 56.8 Å². The van der Waals surface area contributed by atoms with E-state index in [1.54, 1.807) is 18.2 Å². The summed E-state index contributed by atoms with van der Waals surface area (Å²) >= 11 is 0. The van der Waals surface area contributed by atoms with E-state index in [0.29, 0.717) is 36.8 Å². The van der Waals surface area contributed by atoms with Crippen molar-refractivity contribution >= 4 is 11.6 Å². The second-order valence-corrected chi connectivity index (χ2v) is 7.43. The predicted molar refractivity (Wildman–Crippen MR) is 128 cm³/mol. The van der Waals surface area contributed by atoms with Gasteiger partial charge in [-0.15, -0.1) is 0 Å². The minimum Gasteiger partial charge on any atom is -0.494 e. The number of rotatable bonds is 13. The number of unbranched alkanes of at least 4 members (excludes halogenated alkanes) is 3. The molecule has 0 aliphatic carbocycles. The van der Waals surface area contributed by atoms with Crippen LogP contribution in [0, 0.1) is 0 Å². The van der Waals surface area contributed by atoms with Crippen LogP contribution in [0.25, 0.3) is 0 Å². The first kappa shape index (κ1) is 23.2. The van der Waals surface area contributed by atoms with E-state index < -0.39 is 0 Å². The third-order valence-electron chi connectivity index (χ3n) is 4.84. The molecule has 3 aromatic carbocycles. The first-order valence-corrected chi connectivity index (χ1v) is 11.2. The highest BCUT2D eigenvalue weighted by Crippen LogP contribution is 2.19. The molecule has 0 heterocycles. The molecule has 3 aromatic rings. The molecule has 0 aliphatic heterocycles. The summed E-state index contributed by atoms with van der Waals surface area (Å²) in [6, 6.07) is 24.2. The Hall–Kier alpha value is -3.47. The van der Waals surface area contributed by atoms with Gasteiger partial charge in [0.2, 0.25) is 0 Å². The van der Waals surface area contributed by atoms with Crippen LogP contribution in [0.4, 0.5) is 5.69 Å². The Labute approximate surface area is 190 Å². The van der Waals surface area contributed by atoms with Crippen molar-refractivity contribution in [1.82, 2.24) is 0 Å². The molecule has 0 radical (unpaired) electrons. The largest absolute Gasteiger partial charge is 0.494 e. The van der Waals surface area contributed by atoms with E-state index in [1.807, 2.05) is 60.7 Å². The number of carbonyl (C=O) groups excluding carboxylic acids is 1. The SMILES string of the molecule is CCCCCCOc1ccc(C(=O)Nc2cccc(OCCOc3ccccc3)c2)cc1. The van der Waals surface area contributed by atoms with E-state index in [9.17, 15) is 4.79 Å². The Kier molecular flexibility index (Phi) is 9.46. The number of para-hydroxylation sites is 1. The van der Waals surface area contributed by atoms with Crippen LogP contribution in [0.3, 0.4) is 0 Å². The van der Waals surface area contributed by atoms with Crippen molar-refractivity contribution in [3.63, 3.8) is 0 Å². The van der Waals surface area contributed by atoms with Gasteiger partial charge in [0.15, 0.2) is 0 Å². The Morgan fingerprint density at radius 3 is 2.09 bits per heavy atom. The van der Waals surface area contributed by atoms with Crippen LogP contribution in [-0.2, 0) is 0 Å². The molecule has 5 nitrogen and oxygen atoms in total. The highest BCUT2D eigenvalue weighted by atomic mass is 16.5. The molecule has 0 aliphatic rings. The first-order chi connectivity index (χ1) is 15.7. The monoisotopic (exact) mass is 433 g/mol. The lowest BCUT2D eigenvalue weighted by molar-refractivity contribution is 0.102. The number of benzene rings is 3. The number of nitrogens with one attached hydrogen (secondary N) is 1. The van der Waals surface area contributed by atoms with E-state index in [2.05, 4.69) is 12.2 Å². The first-order valence-electron chi connectivity index (χ1n) is 11.2. The van der Waals surface area contributed by atoms with Gasteiger partial charge in [-0.2, -0.15) is 0 Å². The maximum Gasteiger partial charge on any atom is 0.255 e. The van der Waals surface area contributed by atoms with E-state index in [4.69, 9.17) is 14.2 Å². The van der Waals surface area contributed by atoms with E-state index in [0.717, 1.165) is 17.9 Å². The van der Waals surface area contributed by atoms with E-state index in [-0.39, 0.29) is 5.91 Å². The van der Waals surface area contributed by atoms with Gasteiger partial charge in [-0.1, -0.05) is 50.5 Å². The van der Waals surface area contributed by atoms with Crippen LogP contribution in [0.2, 0.25) is 0 Å². The van der Waals surface area contributed by atoms with Crippen molar-refractivity contribution in [2.75, 3.05) is 25.1 Å². The number of anilines is 1. The maximum atomic E-state index is 12.6. The lowest BCUT2D eigenvalue weighted by atomic mass is 10.2. The number of amides is 1. The number of ether oxygens (including phenoxy) is 3. The van der Waals surface area contributed by atoms with Gasteiger partial charge in [0.25, 0.3) is 5.91 Å². The van der Waals surface area contributed by atoms with Gasteiger partial charge in [0.1, 0.15) is 30.5 Å². The normalized spacial score (nSPS) is 10.4. The molecule has 32 heavy (non-hydrogen) atoms. The highest BCUT2D eigenvalue weighted by Gasteiger charge is 2.07. The van der Waals surface area contributed by atoms with Crippen LogP contribution in [0.5, 0.6) is 17.2 Å². The summed E-state index contributed by atoms with van der Waals surface area (Å²) in [6.07, 6.45) is 4.67. The van der Waals surface area contributed by atoms with Crippen molar-refractivity contribution in [3.8, 4) is 17.2 Å². The summed E-state index contributed by atoms with van der Waals surface area (Å²) in [6.45, 7) is 3.74. The molecule has 0 fully saturated rings. The number of carbonyl (C=O) groups is 1. The van der Waals surface area contributed by atoms with Crippen molar-refractivity contribution in [2.24, 2.45) is 0 Å². The van der Waals surface area contributed by atoms with Gasteiger partial charge < -0.3 is 19.5 Å². The smallest absolute Gasteiger partial charge is 0.255 e. The minimum atomic E-state index is -0.177. The van der Waals surface area contributed by atoms with Crippen molar-refractivity contribution in [2.45, 2.75) is 32.6 Å². The predicted octanol–water partition coefficient (Wildman–Crippen LogP) is 6.36. The van der Waals surface area contributed by atoms with Crippen LogP contribution < -0.4 is 19.5 Å². The summed E-state index contributed by atoms with van der Waals surface area (Å²) in [5, 5.41) is 2.91. The van der Waals surface area contributed by atoms with Gasteiger partial charge in [0, 0.05) is 17.3 Å². The van der Waals surface area contributed by atoms with Gasteiger partial charge in [-0.3, -0.25) is 4.79 Å². The molecule has 3 rings (SSSR count). The van der Waals surface area contributed by atoms with Crippen LogP contribution in [0.1, 0.15) is 43.0 Å². The summed E-state index contributed by atoms with van der Waals surface area (Å²) in [7, 11) is 0. The van der Waals surface area contributed by atoms with Gasteiger partial charge in [0.05, 0.1) is 6.61 Å². The second-order valence-electron chi connectivity index (χ2n) is 7.43. The average Bonchev–Trinajstić information content (AvgIpc) is 2.83. The van der Waals surface area contributed by atoms with Crippen LogP contribution in [-0.4, -0.2) is 25.7 Å². The second kappa shape index (κ2) is 13.1. The summed E-state index contributed by atoms with van der Waals surface area (Å²) in [4.78, 5) is 12.6. The molecular formula is C27H31NO4. The Morgan fingerprint density at radius 2 is 1.34 bits per heavy atom. The molecule has 5 heteroatoms.